The van der Waals surface area contributed by atoms with Gasteiger partial charge in [0, 0.05) is 19.0 Å². The van der Waals surface area contributed by atoms with Crippen LogP contribution in [0.2, 0.25) is 0 Å². The Bertz CT molecular complexity index is 766. The van der Waals surface area contributed by atoms with Gasteiger partial charge in [0.05, 0.1) is 10.3 Å². The molecule has 0 aromatic heterocycles. The van der Waals surface area contributed by atoms with Gasteiger partial charge in [-0.3, -0.25) is 9.59 Å². The molecule has 0 unspecified atom stereocenters. The summed E-state index contributed by atoms with van der Waals surface area (Å²) in [5, 5.41) is 12.1. The van der Waals surface area contributed by atoms with E-state index in [1.54, 1.807) is 38.1 Å². The molecular formula is C19H28N2O5S. The topological polar surface area (TPSA) is 113 Å². The minimum Gasteiger partial charge on any atom is -0.481 e. The summed E-state index contributed by atoms with van der Waals surface area (Å²) in [5.41, 5.74) is -0.0776. The fourth-order valence-electron chi connectivity index (χ4n) is 2.82. The average molecular weight is 397 g/mol. The SMILES string of the molecule is CCC(CC)(CNC(=O)CCc1ccc(S(=O)(=O)NC2CC2)cc1)C(=O)O. The molecule has 1 aliphatic rings. The lowest BCUT2D eigenvalue weighted by molar-refractivity contribution is -0.149. The number of hydrogen-bond acceptors (Lipinski definition) is 4. The van der Waals surface area contributed by atoms with Crippen molar-refractivity contribution in [1.29, 1.82) is 0 Å². The maximum atomic E-state index is 12.1. The molecular weight excluding hydrogens is 368 g/mol. The zero-order valence-electron chi connectivity index (χ0n) is 15.8. The van der Waals surface area contributed by atoms with Gasteiger partial charge in [-0.2, -0.15) is 0 Å². The van der Waals surface area contributed by atoms with Crippen LogP contribution in [0.3, 0.4) is 0 Å². The third-order valence-electron chi connectivity index (χ3n) is 5.20. The summed E-state index contributed by atoms with van der Waals surface area (Å²) in [4.78, 5) is 23.7. The van der Waals surface area contributed by atoms with Gasteiger partial charge in [0.25, 0.3) is 0 Å². The Kier molecular flexibility index (Phi) is 7.00. The molecule has 0 saturated heterocycles. The molecule has 3 N–H and O–H groups in total. The van der Waals surface area contributed by atoms with Crippen molar-refractivity contribution in [3.63, 3.8) is 0 Å². The van der Waals surface area contributed by atoms with Crippen LogP contribution >= 0.6 is 0 Å². The summed E-state index contributed by atoms with van der Waals surface area (Å²) in [5.74, 6) is -1.11. The highest BCUT2D eigenvalue weighted by atomic mass is 32.2. The molecule has 8 heteroatoms. The average Bonchev–Trinajstić information content (AvgIpc) is 3.44. The molecule has 1 saturated carbocycles. The van der Waals surface area contributed by atoms with E-state index in [2.05, 4.69) is 10.0 Å². The van der Waals surface area contributed by atoms with Crippen LogP contribution in [-0.4, -0.2) is 38.0 Å². The Hall–Kier alpha value is -1.93. The Morgan fingerprint density at radius 2 is 1.74 bits per heavy atom. The second-order valence-electron chi connectivity index (χ2n) is 7.11. The van der Waals surface area contributed by atoms with Crippen LogP contribution in [-0.2, 0) is 26.0 Å². The first-order valence-electron chi connectivity index (χ1n) is 9.34. The summed E-state index contributed by atoms with van der Waals surface area (Å²) in [6.07, 6.45) is 3.33. The predicted octanol–water partition coefficient (Wildman–Crippen LogP) is 2.07. The van der Waals surface area contributed by atoms with Crippen LogP contribution in [0.5, 0.6) is 0 Å². The van der Waals surface area contributed by atoms with Gasteiger partial charge in [-0.05, 0) is 49.8 Å². The van der Waals surface area contributed by atoms with Crippen LogP contribution < -0.4 is 10.0 Å². The highest BCUT2D eigenvalue weighted by Gasteiger charge is 2.35. The van der Waals surface area contributed by atoms with Gasteiger partial charge >= 0.3 is 5.97 Å². The summed E-state index contributed by atoms with van der Waals surface area (Å²) in [6, 6.07) is 6.55. The lowest BCUT2D eigenvalue weighted by atomic mass is 9.82. The Balaban J connectivity index is 1.85. The fraction of sp³-hybridized carbons (Fsp3) is 0.579. The molecule has 1 fully saturated rings. The van der Waals surface area contributed by atoms with Crippen LogP contribution in [0.15, 0.2) is 29.2 Å². The first kappa shape index (κ1) is 21.4. The molecule has 1 aliphatic carbocycles. The van der Waals surface area contributed by atoms with Gasteiger partial charge in [-0.15, -0.1) is 0 Å². The highest BCUT2D eigenvalue weighted by molar-refractivity contribution is 7.89. The normalized spacial score (nSPS) is 14.7. The van der Waals surface area contributed by atoms with E-state index < -0.39 is 21.4 Å². The number of hydrogen-bond donors (Lipinski definition) is 3. The number of carbonyl (C=O) groups excluding carboxylic acids is 1. The Morgan fingerprint density at radius 1 is 1.15 bits per heavy atom. The molecule has 7 nitrogen and oxygen atoms in total. The first-order valence-corrected chi connectivity index (χ1v) is 10.8. The lowest BCUT2D eigenvalue weighted by Crippen LogP contribution is -2.42. The Labute approximate surface area is 160 Å². The molecule has 1 amide bonds. The molecule has 1 aromatic rings. The summed E-state index contributed by atoms with van der Waals surface area (Å²) < 4.78 is 26.9. The van der Waals surface area contributed by atoms with Crippen molar-refractivity contribution in [2.24, 2.45) is 5.41 Å². The number of benzene rings is 1. The van der Waals surface area contributed by atoms with Gasteiger partial charge in [0.2, 0.25) is 15.9 Å². The van der Waals surface area contributed by atoms with Crippen molar-refractivity contribution in [3.05, 3.63) is 29.8 Å². The number of carbonyl (C=O) groups is 2. The largest absolute Gasteiger partial charge is 0.481 e. The van der Waals surface area contributed by atoms with Crippen molar-refractivity contribution < 1.29 is 23.1 Å². The monoisotopic (exact) mass is 396 g/mol. The van der Waals surface area contributed by atoms with Gasteiger partial charge in [0.15, 0.2) is 0 Å². The summed E-state index contributed by atoms with van der Waals surface area (Å²) in [6.45, 7) is 3.72. The van der Waals surface area contributed by atoms with Gasteiger partial charge in [-0.25, -0.2) is 13.1 Å². The van der Waals surface area contributed by atoms with E-state index in [-0.39, 0.29) is 29.8 Å². The van der Waals surface area contributed by atoms with Crippen LogP contribution in [0.25, 0.3) is 0 Å². The number of sulfonamides is 1. The van der Waals surface area contributed by atoms with Gasteiger partial charge < -0.3 is 10.4 Å². The van der Waals surface area contributed by atoms with Crippen LogP contribution in [0, 0.1) is 5.41 Å². The molecule has 0 atom stereocenters. The molecule has 1 aromatic carbocycles. The number of carboxylic acids is 1. The fourth-order valence-corrected chi connectivity index (χ4v) is 4.12. The molecule has 150 valence electrons. The van der Waals surface area contributed by atoms with Crippen molar-refractivity contribution in [1.82, 2.24) is 10.0 Å². The van der Waals surface area contributed by atoms with E-state index in [1.807, 2.05) is 0 Å². The van der Waals surface area contributed by atoms with Crippen molar-refractivity contribution in [3.8, 4) is 0 Å². The van der Waals surface area contributed by atoms with E-state index in [1.165, 1.54) is 0 Å². The van der Waals surface area contributed by atoms with Gasteiger partial charge in [-0.1, -0.05) is 26.0 Å². The maximum Gasteiger partial charge on any atom is 0.311 e. The van der Waals surface area contributed by atoms with E-state index in [0.29, 0.717) is 19.3 Å². The van der Waals surface area contributed by atoms with E-state index in [0.717, 1.165) is 18.4 Å². The lowest BCUT2D eigenvalue weighted by Gasteiger charge is -2.26. The van der Waals surface area contributed by atoms with Crippen LogP contribution in [0.4, 0.5) is 0 Å². The zero-order valence-corrected chi connectivity index (χ0v) is 16.6. The van der Waals surface area contributed by atoms with Crippen LogP contribution in [0.1, 0.15) is 51.5 Å². The first-order chi connectivity index (χ1) is 12.7. The zero-order chi connectivity index (χ0) is 20.1. The number of nitrogens with one attached hydrogen (secondary N) is 2. The molecule has 0 heterocycles. The number of rotatable bonds is 11. The summed E-state index contributed by atoms with van der Waals surface area (Å²) in [7, 11) is -3.47. The molecule has 2 rings (SSSR count). The summed E-state index contributed by atoms with van der Waals surface area (Å²) >= 11 is 0. The van der Waals surface area contributed by atoms with E-state index in [9.17, 15) is 23.1 Å². The quantitative estimate of drug-likeness (QED) is 0.530. The van der Waals surface area contributed by atoms with Crippen molar-refractivity contribution >= 4 is 21.9 Å². The third kappa shape index (κ3) is 5.77. The molecule has 0 bridgehead atoms. The maximum absolute atomic E-state index is 12.1. The number of amides is 1. The standard InChI is InChI=1S/C19H28N2O5S/c1-3-19(4-2,18(23)24)13-20-17(22)12-7-14-5-10-16(11-6-14)27(25,26)21-15-8-9-15/h5-6,10-11,15,21H,3-4,7-9,12-13H2,1-2H3,(H,20,22)(H,23,24). The Morgan fingerprint density at radius 3 is 2.22 bits per heavy atom. The minimum absolute atomic E-state index is 0.0579. The van der Waals surface area contributed by atoms with Crippen molar-refractivity contribution in [2.45, 2.75) is 63.3 Å². The molecule has 0 radical (unpaired) electrons. The second-order valence-corrected chi connectivity index (χ2v) is 8.82. The highest BCUT2D eigenvalue weighted by Crippen LogP contribution is 2.26. The third-order valence-corrected chi connectivity index (χ3v) is 6.74. The molecule has 0 spiro atoms. The van der Waals surface area contributed by atoms with Gasteiger partial charge in [0.1, 0.15) is 0 Å². The number of aliphatic carboxylic acids is 1. The predicted molar refractivity (Wildman–Crippen MR) is 102 cm³/mol. The van der Waals surface area contributed by atoms with E-state index >= 15 is 0 Å². The number of carboxylic acid groups (broad SMARTS) is 1. The molecule has 0 aliphatic heterocycles. The van der Waals surface area contributed by atoms with Crippen molar-refractivity contribution in [2.75, 3.05) is 6.54 Å². The molecule has 27 heavy (non-hydrogen) atoms. The minimum atomic E-state index is -3.47. The van der Waals surface area contributed by atoms with E-state index in [4.69, 9.17) is 0 Å². The number of aryl methyl sites for hydroxylation is 1. The smallest absolute Gasteiger partial charge is 0.311 e. The second kappa shape index (κ2) is 8.84.